The number of benzene rings is 1. The van der Waals surface area contributed by atoms with E-state index in [0.717, 1.165) is 6.07 Å². The van der Waals surface area contributed by atoms with Gasteiger partial charge in [0.25, 0.3) is 11.8 Å². The van der Waals surface area contributed by atoms with E-state index >= 15 is 4.39 Å². The van der Waals surface area contributed by atoms with Gasteiger partial charge in [-0.15, -0.1) is 0 Å². The van der Waals surface area contributed by atoms with Crippen LogP contribution < -0.4 is 14.8 Å². The zero-order chi connectivity index (χ0) is 21.6. The summed E-state index contributed by atoms with van der Waals surface area (Å²) in [6, 6.07) is 7.35. The summed E-state index contributed by atoms with van der Waals surface area (Å²) in [5.41, 5.74) is -1.10. The number of ether oxygens (including phenoxy) is 2. The smallest absolute Gasteiger partial charge is 0.257 e. The van der Waals surface area contributed by atoms with Gasteiger partial charge >= 0.3 is 0 Å². The minimum absolute atomic E-state index is 0.104. The number of rotatable bonds is 8. The van der Waals surface area contributed by atoms with Gasteiger partial charge in [-0.05, 0) is 30.3 Å². The first-order valence-electron chi connectivity index (χ1n) is 9.68. The van der Waals surface area contributed by atoms with Crippen LogP contribution in [0.5, 0.6) is 11.6 Å². The van der Waals surface area contributed by atoms with Gasteiger partial charge in [-0.2, -0.15) is 0 Å². The molecule has 2 aromatic rings. The maximum absolute atomic E-state index is 15.1. The summed E-state index contributed by atoms with van der Waals surface area (Å²) in [5.74, 6) is 0.0826. The number of likely N-dealkylation sites (tertiary alicyclic amines) is 1. The van der Waals surface area contributed by atoms with Crippen LogP contribution in [0.3, 0.4) is 0 Å². The molecule has 0 aliphatic carbocycles. The third-order valence-corrected chi connectivity index (χ3v) is 5.32. The normalized spacial score (nSPS) is 15.7. The van der Waals surface area contributed by atoms with Crippen molar-refractivity contribution in [3.8, 4) is 11.6 Å². The molecule has 1 saturated heterocycles. The number of aromatic nitrogens is 1. The molecule has 3 rings (SSSR count). The largest absolute Gasteiger partial charge is 0.491 e. The second-order valence-electron chi connectivity index (χ2n) is 7.11. The van der Waals surface area contributed by atoms with Crippen LogP contribution in [0.15, 0.2) is 36.5 Å². The topological polar surface area (TPSA) is 63.7 Å². The molecule has 0 unspecified atom stereocenters. The lowest BCUT2D eigenvalue weighted by atomic mass is 9.93. The predicted molar refractivity (Wildman–Crippen MR) is 110 cm³/mol. The van der Waals surface area contributed by atoms with Gasteiger partial charge in [0, 0.05) is 50.8 Å². The van der Waals surface area contributed by atoms with Gasteiger partial charge in [-0.25, -0.2) is 13.8 Å². The van der Waals surface area contributed by atoms with Crippen molar-refractivity contribution in [2.24, 2.45) is 0 Å². The molecule has 6 nitrogen and oxygen atoms in total. The number of piperidine rings is 1. The van der Waals surface area contributed by atoms with E-state index in [0.29, 0.717) is 30.3 Å². The Labute approximate surface area is 179 Å². The van der Waals surface area contributed by atoms with E-state index in [-0.39, 0.29) is 43.4 Å². The molecule has 0 radical (unpaired) electrons. The molecule has 1 amide bonds. The lowest BCUT2D eigenvalue weighted by Crippen LogP contribution is -2.49. The van der Waals surface area contributed by atoms with E-state index in [1.54, 1.807) is 23.2 Å². The number of carbonyl (C=O) groups excluding carboxylic acids is 1. The van der Waals surface area contributed by atoms with Crippen molar-refractivity contribution in [1.82, 2.24) is 15.2 Å². The molecule has 2 heterocycles. The fraction of sp³-hybridized carbons (Fsp3) is 0.429. The Bertz CT molecular complexity index is 876. The molecule has 1 aliphatic heterocycles. The van der Waals surface area contributed by atoms with Gasteiger partial charge in [-0.3, -0.25) is 4.79 Å². The van der Waals surface area contributed by atoms with Gasteiger partial charge in [0.05, 0.1) is 12.1 Å². The SMILES string of the molecule is COc1cccnc1OCCNCC1(F)CCN(C(=O)c2ccc(F)c(Cl)c2)CC1. The van der Waals surface area contributed by atoms with E-state index in [2.05, 4.69) is 10.3 Å². The van der Waals surface area contributed by atoms with Crippen LogP contribution in [0.1, 0.15) is 23.2 Å². The molecule has 0 atom stereocenters. The summed E-state index contributed by atoms with van der Waals surface area (Å²) in [4.78, 5) is 18.2. The second-order valence-corrected chi connectivity index (χ2v) is 7.52. The van der Waals surface area contributed by atoms with E-state index in [1.165, 1.54) is 19.2 Å². The molecule has 1 aliphatic rings. The third kappa shape index (κ3) is 5.58. The van der Waals surface area contributed by atoms with Crippen LogP contribution in [0.25, 0.3) is 0 Å². The minimum Gasteiger partial charge on any atom is -0.491 e. The quantitative estimate of drug-likeness (QED) is 0.638. The first-order chi connectivity index (χ1) is 14.4. The van der Waals surface area contributed by atoms with Crippen LogP contribution in [-0.4, -0.2) is 61.4 Å². The average molecular weight is 440 g/mol. The predicted octanol–water partition coefficient (Wildman–Crippen LogP) is 3.50. The first-order valence-corrected chi connectivity index (χ1v) is 10.1. The monoisotopic (exact) mass is 439 g/mol. The Morgan fingerprint density at radius 2 is 2.10 bits per heavy atom. The van der Waals surface area contributed by atoms with Gasteiger partial charge in [-0.1, -0.05) is 11.6 Å². The highest BCUT2D eigenvalue weighted by Crippen LogP contribution is 2.27. The molecule has 1 aromatic carbocycles. The minimum atomic E-state index is -1.40. The second kappa shape index (κ2) is 10.0. The Morgan fingerprint density at radius 1 is 1.33 bits per heavy atom. The fourth-order valence-corrected chi connectivity index (χ4v) is 3.45. The molecule has 0 spiro atoms. The van der Waals surface area contributed by atoms with Gasteiger partial charge in [0.15, 0.2) is 5.75 Å². The molecule has 1 N–H and O–H groups in total. The molecule has 30 heavy (non-hydrogen) atoms. The van der Waals surface area contributed by atoms with Crippen molar-refractivity contribution in [2.75, 3.05) is 39.9 Å². The summed E-state index contributed by atoms with van der Waals surface area (Å²) in [6.45, 7) is 1.50. The molecule has 1 aromatic heterocycles. The highest BCUT2D eigenvalue weighted by Gasteiger charge is 2.35. The summed E-state index contributed by atoms with van der Waals surface area (Å²) < 4.78 is 39.1. The number of hydrogen-bond donors (Lipinski definition) is 1. The molecular formula is C21H24ClF2N3O3. The van der Waals surface area contributed by atoms with E-state index < -0.39 is 11.5 Å². The fourth-order valence-electron chi connectivity index (χ4n) is 3.27. The Hall–Kier alpha value is -2.45. The van der Waals surface area contributed by atoms with Crippen molar-refractivity contribution in [3.63, 3.8) is 0 Å². The number of pyridine rings is 1. The Balaban J connectivity index is 1.41. The number of carbonyl (C=O) groups is 1. The summed E-state index contributed by atoms with van der Waals surface area (Å²) in [7, 11) is 1.54. The van der Waals surface area contributed by atoms with Crippen LogP contribution in [0.2, 0.25) is 5.02 Å². The number of halogens is 3. The van der Waals surface area contributed by atoms with E-state index in [1.807, 2.05) is 0 Å². The number of methoxy groups -OCH3 is 1. The number of nitrogens with one attached hydrogen (secondary N) is 1. The van der Waals surface area contributed by atoms with Gasteiger partial charge < -0.3 is 19.7 Å². The Kier molecular flexibility index (Phi) is 7.44. The number of amides is 1. The van der Waals surface area contributed by atoms with Crippen molar-refractivity contribution < 1.29 is 23.0 Å². The van der Waals surface area contributed by atoms with Gasteiger partial charge in [0.2, 0.25) is 0 Å². The molecule has 1 fully saturated rings. The zero-order valence-electron chi connectivity index (χ0n) is 16.7. The number of nitrogens with zero attached hydrogens (tertiary/aromatic N) is 2. The molecule has 9 heteroatoms. The molecular weight excluding hydrogens is 416 g/mol. The first kappa shape index (κ1) is 22.2. The van der Waals surface area contributed by atoms with Crippen LogP contribution in [-0.2, 0) is 0 Å². The summed E-state index contributed by atoms with van der Waals surface area (Å²) in [5, 5.41) is 2.96. The molecule has 0 bridgehead atoms. The van der Waals surface area contributed by atoms with Gasteiger partial charge in [0.1, 0.15) is 18.1 Å². The maximum Gasteiger partial charge on any atom is 0.257 e. The van der Waals surface area contributed by atoms with E-state index in [9.17, 15) is 9.18 Å². The highest BCUT2D eigenvalue weighted by molar-refractivity contribution is 6.31. The lowest BCUT2D eigenvalue weighted by molar-refractivity contribution is 0.0433. The van der Waals surface area contributed by atoms with E-state index in [4.69, 9.17) is 21.1 Å². The van der Waals surface area contributed by atoms with Crippen LogP contribution in [0.4, 0.5) is 8.78 Å². The lowest BCUT2D eigenvalue weighted by Gasteiger charge is -2.36. The third-order valence-electron chi connectivity index (χ3n) is 5.03. The van der Waals surface area contributed by atoms with Crippen molar-refractivity contribution in [2.45, 2.75) is 18.5 Å². The van der Waals surface area contributed by atoms with Crippen molar-refractivity contribution in [1.29, 1.82) is 0 Å². The zero-order valence-corrected chi connectivity index (χ0v) is 17.4. The standard InChI is InChI=1S/C21H24ClF2N3O3/c1-29-18-3-2-8-26-19(18)30-12-9-25-14-21(24)6-10-27(11-7-21)20(28)15-4-5-17(23)16(22)13-15/h2-5,8,13,25H,6-7,9-12,14H2,1H3. The summed E-state index contributed by atoms with van der Waals surface area (Å²) in [6.07, 6.45) is 2.04. The highest BCUT2D eigenvalue weighted by atomic mass is 35.5. The Morgan fingerprint density at radius 3 is 2.80 bits per heavy atom. The van der Waals surface area contributed by atoms with Crippen molar-refractivity contribution in [3.05, 3.63) is 52.9 Å². The maximum atomic E-state index is 15.1. The average Bonchev–Trinajstić information content (AvgIpc) is 2.76. The van der Waals surface area contributed by atoms with Crippen LogP contribution >= 0.6 is 11.6 Å². The number of hydrogen-bond acceptors (Lipinski definition) is 5. The summed E-state index contributed by atoms with van der Waals surface area (Å²) >= 11 is 5.75. The number of alkyl halides is 1. The molecule has 0 saturated carbocycles. The van der Waals surface area contributed by atoms with Crippen molar-refractivity contribution >= 4 is 17.5 Å². The van der Waals surface area contributed by atoms with Crippen LogP contribution in [0, 0.1) is 5.82 Å². The molecule has 162 valence electrons.